The Bertz CT molecular complexity index is 744. The predicted octanol–water partition coefficient (Wildman–Crippen LogP) is 3.57. The molecule has 0 unspecified atom stereocenters. The lowest BCUT2D eigenvalue weighted by Gasteiger charge is -2.31. The minimum absolute atomic E-state index is 0.0385. The van der Waals surface area contributed by atoms with Gasteiger partial charge in [-0.1, -0.05) is 56.3 Å². The molecular formula is C23H30N2O3. The van der Waals surface area contributed by atoms with Gasteiger partial charge in [0.05, 0.1) is 7.11 Å². The average Bonchev–Trinajstić information content (AvgIpc) is 2.75. The number of hydrogen-bond donors (Lipinski definition) is 1. The summed E-state index contributed by atoms with van der Waals surface area (Å²) in [5.74, 6) is 0.614. The summed E-state index contributed by atoms with van der Waals surface area (Å²) in [6.07, 6.45) is 1.69. The van der Waals surface area contributed by atoms with E-state index < -0.39 is 6.04 Å². The lowest BCUT2D eigenvalue weighted by atomic mass is 10.0. The summed E-state index contributed by atoms with van der Waals surface area (Å²) in [4.78, 5) is 27.4. The second kappa shape index (κ2) is 11.1. The number of rotatable bonds is 10. The van der Waals surface area contributed by atoms with Gasteiger partial charge in [0.2, 0.25) is 11.8 Å². The van der Waals surface area contributed by atoms with Crippen molar-refractivity contribution in [3.63, 3.8) is 0 Å². The molecule has 28 heavy (non-hydrogen) atoms. The van der Waals surface area contributed by atoms with Gasteiger partial charge in [0.15, 0.2) is 0 Å². The number of carbonyl (C=O) groups is 2. The molecule has 0 aromatic heterocycles. The van der Waals surface area contributed by atoms with Crippen molar-refractivity contribution in [2.75, 3.05) is 13.7 Å². The summed E-state index contributed by atoms with van der Waals surface area (Å²) < 4.78 is 5.21. The summed E-state index contributed by atoms with van der Waals surface area (Å²) in [6.45, 7) is 4.82. The number of hydrogen-bond acceptors (Lipinski definition) is 3. The fourth-order valence-corrected chi connectivity index (χ4v) is 3.05. The molecule has 0 saturated carbocycles. The number of methoxy groups -OCH3 is 1. The molecule has 0 bridgehead atoms. The van der Waals surface area contributed by atoms with Gasteiger partial charge >= 0.3 is 0 Å². The molecule has 0 fully saturated rings. The van der Waals surface area contributed by atoms with Gasteiger partial charge in [-0.15, -0.1) is 0 Å². The van der Waals surface area contributed by atoms with E-state index in [1.165, 1.54) is 0 Å². The molecule has 0 aliphatic heterocycles. The van der Waals surface area contributed by atoms with Crippen LogP contribution in [0.3, 0.4) is 0 Å². The van der Waals surface area contributed by atoms with E-state index in [1.807, 2.05) is 68.4 Å². The number of nitrogens with one attached hydrogen (secondary N) is 1. The molecule has 0 saturated heterocycles. The minimum atomic E-state index is -0.552. The van der Waals surface area contributed by atoms with E-state index in [2.05, 4.69) is 5.32 Å². The highest BCUT2D eigenvalue weighted by Crippen LogP contribution is 2.18. The zero-order chi connectivity index (χ0) is 20.4. The van der Waals surface area contributed by atoms with Gasteiger partial charge in [0.1, 0.15) is 11.8 Å². The Labute approximate surface area is 167 Å². The molecule has 0 aliphatic carbocycles. The van der Waals surface area contributed by atoms with E-state index in [-0.39, 0.29) is 11.8 Å². The Hall–Kier alpha value is -2.82. The van der Waals surface area contributed by atoms with Crippen LogP contribution in [0.25, 0.3) is 0 Å². The molecule has 150 valence electrons. The van der Waals surface area contributed by atoms with E-state index in [0.717, 1.165) is 23.3 Å². The van der Waals surface area contributed by atoms with Gasteiger partial charge in [-0.25, -0.2) is 0 Å². The maximum Gasteiger partial charge on any atom is 0.243 e. The summed E-state index contributed by atoms with van der Waals surface area (Å²) in [6, 6.07) is 16.9. The lowest BCUT2D eigenvalue weighted by molar-refractivity contribution is -0.141. The van der Waals surface area contributed by atoms with Crippen molar-refractivity contribution in [3.05, 3.63) is 65.7 Å². The van der Waals surface area contributed by atoms with Crippen LogP contribution in [-0.4, -0.2) is 36.4 Å². The summed E-state index contributed by atoms with van der Waals surface area (Å²) >= 11 is 0. The van der Waals surface area contributed by atoms with Crippen molar-refractivity contribution in [1.82, 2.24) is 10.2 Å². The Morgan fingerprint density at radius 1 is 1.00 bits per heavy atom. The Morgan fingerprint density at radius 3 is 2.25 bits per heavy atom. The smallest absolute Gasteiger partial charge is 0.243 e. The van der Waals surface area contributed by atoms with Gasteiger partial charge in [-0.05, 0) is 29.7 Å². The zero-order valence-corrected chi connectivity index (χ0v) is 17.0. The van der Waals surface area contributed by atoms with Crippen LogP contribution in [-0.2, 0) is 22.6 Å². The summed E-state index contributed by atoms with van der Waals surface area (Å²) in [5, 5.41) is 2.96. The molecule has 2 amide bonds. The number of ether oxygens (including phenoxy) is 1. The second-order valence-corrected chi connectivity index (χ2v) is 6.72. The lowest BCUT2D eigenvalue weighted by Crippen LogP contribution is -2.50. The first-order valence-corrected chi connectivity index (χ1v) is 9.83. The Kier molecular flexibility index (Phi) is 8.53. The largest absolute Gasteiger partial charge is 0.497 e. The minimum Gasteiger partial charge on any atom is -0.497 e. The molecule has 1 N–H and O–H groups in total. The van der Waals surface area contributed by atoms with Crippen LogP contribution < -0.4 is 10.1 Å². The molecule has 2 rings (SSSR count). The molecule has 0 aliphatic rings. The average molecular weight is 383 g/mol. The quantitative estimate of drug-likeness (QED) is 0.683. The highest BCUT2D eigenvalue weighted by molar-refractivity contribution is 5.87. The SMILES string of the molecule is CCCNC(=O)[C@@H](Cc1ccccc1)N(Cc1ccc(OC)cc1)C(=O)CC. The van der Waals surface area contributed by atoms with Crippen molar-refractivity contribution in [2.24, 2.45) is 0 Å². The van der Waals surface area contributed by atoms with E-state index >= 15 is 0 Å². The van der Waals surface area contributed by atoms with E-state index in [4.69, 9.17) is 4.74 Å². The topological polar surface area (TPSA) is 58.6 Å². The molecular weight excluding hydrogens is 352 g/mol. The monoisotopic (exact) mass is 382 g/mol. The zero-order valence-electron chi connectivity index (χ0n) is 17.0. The van der Waals surface area contributed by atoms with E-state index in [0.29, 0.717) is 25.9 Å². The van der Waals surface area contributed by atoms with Crippen LogP contribution in [0.2, 0.25) is 0 Å². The van der Waals surface area contributed by atoms with E-state index in [1.54, 1.807) is 12.0 Å². The third-order valence-electron chi connectivity index (χ3n) is 4.63. The summed E-state index contributed by atoms with van der Waals surface area (Å²) in [5.41, 5.74) is 1.99. The van der Waals surface area contributed by atoms with Crippen LogP contribution in [0.4, 0.5) is 0 Å². The van der Waals surface area contributed by atoms with Crippen LogP contribution >= 0.6 is 0 Å². The predicted molar refractivity (Wildman–Crippen MR) is 111 cm³/mol. The maximum absolute atomic E-state index is 12.9. The number of benzene rings is 2. The fraction of sp³-hybridized carbons (Fsp3) is 0.391. The van der Waals surface area contributed by atoms with Crippen molar-refractivity contribution >= 4 is 11.8 Å². The van der Waals surface area contributed by atoms with Crippen LogP contribution in [0.15, 0.2) is 54.6 Å². The van der Waals surface area contributed by atoms with Crippen molar-refractivity contribution in [1.29, 1.82) is 0 Å². The molecule has 0 radical (unpaired) electrons. The van der Waals surface area contributed by atoms with Gasteiger partial charge in [-0.3, -0.25) is 9.59 Å². The molecule has 0 heterocycles. The van der Waals surface area contributed by atoms with Gasteiger partial charge in [0.25, 0.3) is 0 Å². The van der Waals surface area contributed by atoms with Gasteiger partial charge < -0.3 is 15.0 Å². The third-order valence-corrected chi connectivity index (χ3v) is 4.63. The third kappa shape index (κ3) is 6.12. The number of nitrogens with zero attached hydrogens (tertiary/aromatic N) is 1. The fourth-order valence-electron chi connectivity index (χ4n) is 3.05. The standard InChI is InChI=1S/C23H30N2O3/c1-4-15-24-23(27)21(16-18-9-7-6-8-10-18)25(22(26)5-2)17-19-11-13-20(28-3)14-12-19/h6-14,21H,4-5,15-17H2,1-3H3,(H,24,27)/t21-/m1/s1. The normalized spacial score (nSPS) is 11.5. The van der Waals surface area contributed by atoms with Crippen LogP contribution in [0.5, 0.6) is 5.75 Å². The highest BCUT2D eigenvalue weighted by Gasteiger charge is 2.29. The highest BCUT2D eigenvalue weighted by atomic mass is 16.5. The Balaban J connectivity index is 2.30. The maximum atomic E-state index is 12.9. The number of carbonyl (C=O) groups excluding carboxylic acids is 2. The first-order valence-electron chi connectivity index (χ1n) is 9.83. The second-order valence-electron chi connectivity index (χ2n) is 6.72. The molecule has 0 spiro atoms. The summed E-state index contributed by atoms with van der Waals surface area (Å²) in [7, 11) is 1.62. The molecule has 5 heteroatoms. The first-order chi connectivity index (χ1) is 13.6. The molecule has 1 atom stereocenters. The molecule has 2 aromatic carbocycles. The Morgan fingerprint density at radius 2 is 1.68 bits per heavy atom. The van der Waals surface area contributed by atoms with Crippen molar-refractivity contribution in [3.8, 4) is 5.75 Å². The van der Waals surface area contributed by atoms with Crippen LogP contribution in [0, 0.1) is 0 Å². The van der Waals surface area contributed by atoms with Crippen molar-refractivity contribution in [2.45, 2.75) is 45.7 Å². The first kappa shape index (κ1) is 21.5. The van der Waals surface area contributed by atoms with Gasteiger partial charge in [0, 0.05) is 25.9 Å². The molecule has 5 nitrogen and oxygen atoms in total. The van der Waals surface area contributed by atoms with E-state index in [9.17, 15) is 9.59 Å². The van der Waals surface area contributed by atoms with Gasteiger partial charge in [-0.2, -0.15) is 0 Å². The van der Waals surface area contributed by atoms with Crippen molar-refractivity contribution < 1.29 is 14.3 Å². The van der Waals surface area contributed by atoms with Crippen LogP contribution in [0.1, 0.15) is 37.8 Å². The molecule has 2 aromatic rings. The number of amides is 2.